The Balaban J connectivity index is 1.86. The molecule has 2 rings (SSSR count). The van der Waals surface area contributed by atoms with Crippen molar-refractivity contribution in [3.05, 3.63) is 60.2 Å². The van der Waals surface area contributed by atoms with Crippen LogP contribution in [0.1, 0.15) is 45.6 Å². The fraction of sp³-hybridized carbons (Fsp3) is 0.391. The molecule has 2 aromatic carbocycles. The van der Waals surface area contributed by atoms with E-state index in [2.05, 4.69) is 32.9 Å². The highest BCUT2D eigenvalue weighted by atomic mass is 16.5. The summed E-state index contributed by atoms with van der Waals surface area (Å²) in [7, 11) is 0. The Morgan fingerprint density at radius 1 is 0.964 bits per heavy atom. The molecule has 0 heterocycles. The van der Waals surface area contributed by atoms with E-state index in [0.717, 1.165) is 11.4 Å². The van der Waals surface area contributed by atoms with Crippen LogP contribution in [0.4, 0.5) is 5.69 Å². The number of benzene rings is 2. The highest BCUT2D eigenvalue weighted by molar-refractivity contribution is 5.93. The average molecular weight is 383 g/mol. The number of carbonyl (C=O) groups excluding carboxylic acids is 2. The van der Waals surface area contributed by atoms with Gasteiger partial charge in [0.25, 0.3) is 0 Å². The highest BCUT2D eigenvalue weighted by Gasteiger charge is 2.16. The lowest BCUT2D eigenvalue weighted by molar-refractivity contribution is -0.119. The second kappa shape index (κ2) is 9.93. The first kappa shape index (κ1) is 21.5. The molecule has 0 fully saturated rings. The zero-order chi connectivity index (χ0) is 20.6. The van der Waals surface area contributed by atoms with E-state index in [1.165, 1.54) is 5.56 Å². The molecule has 2 N–H and O–H groups in total. The maximum atomic E-state index is 12.6. The van der Waals surface area contributed by atoms with E-state index in [9.17, 15) is 9.59 Å². The topological polar surface area (TPSA) is 72.6 Å². The Morgan fingerprint density at radius 2 is 1.61 bits per heavy atom. The van der Waals surface area contributed by atoms with Crippen molar-refractivity contribution in [1.82, 2.24) is 0 Å². The summed E-state index contributed by atoms with van der Waals surface area (Å²) in [6, 6.07) is 17.4. The molecule has 0 saturated carbocycles. The van der Waals surface area contributed by atoms with Crippen molar-refractivity contribution in [3.8, 4) is 5.75 Å². The Hall–Kier alpha value is -2.82. The maximum absolute atomic E-state index is 12.6. The molecule has 0 unspecified atom stereocenters. The second-order valence-electron chi connectivity index (χ2n) is 7.82. The van der Waals surface area contributed by atoms with Gasteiger partial charge in [0, 0.05) is 25.1 Å². The number of hydrogen-bond acceptors (Lipinski definition) is 3. The smallest absolute Gasteiger partial charge is 0.227 e. The van der Waals surface area contributed by atoms with Gasteiger partial charge in [0.2, 0.25) is 11.8 Å². The second-order valence-corrected chi connectivity index (χ2v) is 7.82. The van der Waals surface area contributed by atoms with E-state index < -0.39 is 5.91 Å². The lowest BCUT2D eigenvalue weighted by atomic mass is 9.87. The lowest BCUT2D eigenvalue weighted by Crippen LogP contribution is -2.34. The number of rotatable bonds is 9. The highest BCUT2D eigenvalue weighted by Crippen LogP contribution is 2.24. The van der Waals surface area contributed by atoms with E-state index >= 15 is 0 Å². The van der Waals surface area contributed by atoms with E-state index in [0.29, 0.717) is 19.4 Å². The maximum Gasteiger partial charge on any atom is 0.227 e. The van der Waals surface area contributed by atoms with Crippen LogP contribution in [-0.4, -0.2) is 25.0 Å². The first-order valence-electron chi connectivity index (χ1n) is 9.64. The van der Waals surface area contributed by atoms with Gasteiger partial charge in [-0.25, -0.2) is 0 Å². The zero-order valence-electron chi connectivity index (χ0n) is 17.0. The standard InChI is InChI=1S/C23H30N2O3/c1-23(2,3)18-11-13-20(14-12-18)28-17-7-10-22(27)25(16-15-21(24)26)19-8-5-4-6-9-19/h4-6,8-9,11-14H,7,10,15-17H2,1-3H3,(H2,24,26). The summed E-state index contributed by atoms with van der Waals surface area (Å²) in [6.07, 6.45) is 1.07. The minimum atomic E-state index is -0.421. The third-order valence-electron chi connectivity index (χ3n) is 4.47. The molecular formula is C23H30N2O3. The largest absolute Gasteiger partial charge is 0.494 e. The van der Waals surface area contributed by atoms with Gasteiger partial charge in [-0.2, -0.15) is 0 Å². The van der Waals surface area contributed by atoms with Crippen LogP contribution < -0.4 is 15.4 Å². The van der Waals surface area contributed by atoms with Crippen LogP contribution in [0.5, 0.6) is 5.75 Å². The predicted octanol–water partition coefficient (Wildman–Crippen LogP) is 4.05. The molecule has 0 aromatic heterocycles. The molecule has 5 nitrogen and oxygen atoms in total. The summed E-state index contributed by atoms with van der Waals surface area (Å²) < 4.78 is 5.76. The number of para-hydroxylation sites is 1. The van der Waals surface area contributed by atoms with Crippen molar-refractivity contribution in [1.29, 1.82) is 0 Å². The molecule has 2 amide bonds. The van der Waals surface area contributed by atoms with E-state index in [1.54, 1.807) is 4.90 Å². The molecule has 0 radical (unpaired) electrons. The van der Waals surface area contributed by atoms with Gasteiger partial charge in [-0.15, -0.1) is 0 Å². The molecule has 0 saturated heterocycles. The van der Waals surface area contributed by atoms with Crippen LogP contribution in [0.25, 0.3) is 0 Å². The number of hydrogen-bond donors (Lipinski definition) is 1. The van der Waals surface area contributed by atoms with Gasteiger partial charge in [0.1, 0.15) is 5.75 Å². The van der Waals surface area contributed by atoms with Crippen LogP contribution in [0.3, 0.4) is 0 Å². The Morgan fingerprint density at radius 3 is 2.18 bits per heavy atom. The van der Waals surface area contributed by atoms with E-state index in [1.807, 2.05) is 42.5 Å². The van der Waals surface area contributed by atoms with Gasteiger partial charge >= 0.3 is 0 Å². The van der Waals surface area contributed by atoms with Gasteiger partial charge < -0.3 is 15.4 Å². The molecule has 0 bridgehead atoms. The molecule has 0 spiro atoms. The molecule has 2 aromatic rings. The van der Waals surface area contributed by atoms with E-state index in [-0.39, 0.29) is 24.3 Å². The van der Waals surface area contributed by atoms with Crippen LogP contribution in [-0.2, 0) is 15.0 Å². The monoisotopic (exact) mass is 382 g/mol. The minimum absolute atomic E-state index is 0.0425. The lowest BCUT2D eigenvalue weighted by Gasteiger charge is -2.22. The zero-order valence-corrected chi connectivity index (χ0v) is 17.0. The normalized spacial score (nSPS) is 11.1. The Labute approximate surface area is 167 Å². The van der Waals surface area contributed by atoms with Crippen LogP contribution in [0.15, 0.2) is 54.6 Å². The molecular weight excluding hydrogens is 352 g/mol. The first-order valence-corrected chi connectivity index (χ1v) is 9.64. The number of amides is 2. The van der Waals surface area contributed by atoms with Crippen LogP contribution in [0, 0.1) is 0 Å². The first-order chi connectivity index (χ1) is 13.3. The van der Waals surface area contributed by atoms with Gasteiger partial charge in [-0.3, -0.25) is 9.59 Å². The van der Waals surface area contributed by atoms with Crippen molar-refractivity contribution >= 4 is 17.5 Å². The number of carbonyl (C=O) groups is 2. The molecule has 150 valence electrons. The summed E-state index contributed by atoms with van der Waals surface area (Å²) in [5.74, 6) is 0.337. The van der Waals surface area contributed by atoms with Gasteiger partial charge in [0.15, 0.2) is 0 Å². The average Bonchev–Trinajstić information content (AvgIpc) is 2.65. The fourth-order valence-electron chi connectivity index (χ4n) is 2.83. The van der Waals surface area contributed by atoms with Crippen molar-refractivity contribution in [3.63, 3.8) is 0 Å². The van der Waals surface area contributed by atoms with Gasteiger partial charge in [0.05, 0.1) is 6.61 Å². The predicted molar refractivity (Wildman–Crippen MR) is 112 cm³/mol. The molecule has 0 atom stereocenters. The van der Waals surface area contributed by atoms with Crippen molar-refractivity contribution in [2.45, 2.75) is 45.4 Å². The third kappa shape index (κ3) is 6.72. The number of nitrogens with two attached hydrogens (primary N) is 1. The summed E-state index contributed by atoms with van der Waals surface area (Å²) in [6.45, 7) is 7.26. The Bertz CT molecular complexity index is 765. The number of ether oxygens (including phenoxy) is 1. The number of anilines is 1. The molecule has 28 heavy (non-hydrogen) atoms. The summed E-state index contributed by atoms with van der Waals surface area (Å²) in [5, 5.41) is 0. The molecule has 5 heteroatoms. The van der Waals surface area contributed by atoms with Crippen molar-refractivity contribution in [2.75, 3.05) is 18.1 Å². The van der Waals surface area contributed by atoms with E-state index in [4.69, 9.17) is 10.5 Å². The van der Waals surface area contributed by atoms with Crippen LogP contribution in [0.2, 0.25) is 0 Å². The third-order valence-corrected chi connectivity index (χ3v) is 4.47. The molecule has 0 aliphatic carbocycles. The Kier molecular flexibility index (Phi) is 7.61. The van der Waals surface area contributed by atoms with Crippen LogP contribution >= 0.6 is 0 Å². The minimum Gasteiger partial charge on any atom is -0.494 e. The van der Waals surface area contributed by atoms with Gasteiger partial charge in [-0.1, -0.05) is 51.1 Å². The van der Waals surface area contributed by atoms with Crippen molar-refractivity contribution in [2.24, 2.45) is 5.73 Å². The van der Waals surface area contributed by atoms with Gasteiger partial charge in [-0.05, 0) is 41.7 Å². The fourth-order valence-corrected chi connectivity index (χ4v) is 2.83. The summed E-state index contributed by atoms with van der Waals surface area (Å²) in [5.41, 5.74) is 7.38. The van der Waals surface area contributed by atoms with Crippen molar-refractivity contribution < 1.29 is 14.3 Å². The quantitative estimate of drug-likeness (QED) is 0.665. The number of nitrogens with zero attached hydrogens (tertiary/aromatic N) is 1. The summed E-state index contributed by atoms with van der Waals surface area (Å²) >= 11 is 0. The summed E-state index contributed by atoms with van der Waals surface area (Å²) in [4.78, 5) is 25.4. The molecule has 0 aliphatic rings. The number of primary amides is 1. The SMILES string of the molecule is CC(C)(C)c1ccc(OCCCC(=O)N(CCC(N)=O)c2ccccc2)cc1. The molecule has 0 aliphatic heterocycles.